The number of anilines is 1. The number of carbonyl (C=O) groups excluding carboxylic acids is 1. The van der Waals surface area contributed by atoms with Gasteiger partial charge < -0.3 is 24.6 Å². The van der Waals surface area contributed by atoms with E-state index in [4.69, 9.17) is 21.7 Å². The van der Waals surface area contributed by atoms with Gasteiger partial charge in [-0.2, -0.15) is 0 Å². The second-order valence-corrected chi connectivity index (χ2v) is 8.69. The highest BCUT2D eigenvalue weighted by Gasteiger charge is 2.35. The van der Waals surface area contributed by atoms with Crippen molar-refractivity contribution in [3.8, 4) is 0 Å². The van der Waals surface area contributed by atoms with E-state index in [2.05, 4.69) is 20.8 Å². The van der Waals surface area contributed by atoms with Crippen molar-refractivity contribution in [1.82, 2.24) is 10.2 Å². The van der Waals surface area contributed by atoms with Crippen LogP contribution in [0.15, 0.2) is 33.6 Å². The van der Waals surface area contributed by atoms with Crippen LogP contribution in [0, 0.1) is 5.82 Å². The number of piperazine rings is 1. The van der Waals surface area contributed by atoms with Crippen LogP contribution in [0.4, 0.5) is 14.9 Å². The Balaban J connectivity index is 1.69. The lowest BCUT2D eigenvalue weighted by atomic mass is 9.91. The van der Waals surface area contributed by atoms with Crippen molar-refractivity contribution < 1.29 is 18.7 Å². The number of hydrogen-bond acceptors (Lipinski definition) is 8. The molecule has 0 spiro atoms. The first-order valence-corrected chi connectivity index (χ1v) is 10.4. The summed E-state index contributed by atoms with van der Waals surface area (Å²) in [6, 6.07) is 4.95. The molecule has 1 aromatic carbocycles. The molecule has 1 amide bonds. The van der Waals surface area contributed by atoms with Crippen LogP contribution in [0.1, 0.15) is 26.3 Å². The Morgan fingerprint density at radius 1 is 1.29 bits per heavy atom. The predicted octanol–water partition coefficient (Wildman–Crippen LogP) is 3.05. The van der Waals surface area contributed by atoms with Gasteiger partial charge in [0.15, 0.2) is 5.54 Å². The summed E-state index contributed by atoms with van der Waals surface area (Å²) in [6.45, 7) is 7.66. The lowest BCUT2D eigenvalue weighted by Gasteiger charge is -2.37. The molecule has 168 valence electrons. The van der Waals surface area contributed by atoms with Crippen LogP contribution in [0.3, 0.4) is 0 Å². The van der Waals surface area contributed by atoms with E-state index < -0.39 is 11.1 Å². The Hall–Kier alpha value is -2.82. The molecule has 31 heavy (non-hydrogen) atoms. The third kappa shape index (κ3) is 5.46. The molecule has 1 fully saturated rings. The number of nitrogens with zero attached hydrogens (tertiary/aromatic N) is 5. The highest BCUT2D eigenvalue weighted by molar-refractivity contribution is 7.80. The van der Waals surface area contributed by atoms with Gasteiger partial charge >= 0.3 is 6.09 Å². The fourth-order valence-corrected chi connectivity index (χ4v) is 3.41. The van der Waals surface area contributed by atoms with E-state index in [9.17, 15) is 4.79 Å². The summed E-state index contributed by atoms with van der Waals surface area (Å²) >= 11 is 5.01. The average molecular weight is 451 g/mol. The van der Waals surface area contributed by atoms with Crippen molar-refractivity contribution in [2.45, 2.75) is 31.9 Å². The van der Waals surface area contributed by atoms with Crippen LogP contribution in [-0.4, -0.2) is 67.8 Å². The minimum Gasteiger partial charge on any atom is -0.474 e. The van der Waals surface area contributed by atoms with Gasteiger partial charge in [0, 0.05) is 26.2 Å². The highest BCUT2D eigenvalue weighted by atomic mass is 32.1. The van der Waals surface area contributed by atoms with Crippen molar-refractivity contribution in [2.75, 3.05) is 44.7 Å². The van der Waals surface area contributed by atoms with Crippen LogP contribution in [0.2, 0.25) is 0 Å². The number of benzene rings is 1. The van der Waals surface area contributed by atoms with Gasteiger partial charge in [0.25, 0.3) is 5.17 Å². The maximum Gasteiger partial charge on any atom is 0.410 e. The van der Waals surface area contributed by atoms with Crippen molar-refractivity contribution in [3.05, 3.63) is 29.6 Å². The van der Waals surface area contributed by atoms with Crippen LogP contribution in [-0.2, 0) is 15.0 Å². The second-order valence-electron chi connectivity index (χ2n) is 8.32. The van der Waals surface area contributed by atoms with Crippen molar-refractivity contribution in [3.63, 3.8) is 0 Å². The monoisotopic (exact) mass is 450 g/mol. The Bertz CT molecular complexity index is 881. The van der Waals surface area contributed by atoms with Crippen molar-refractivity contribution >= 4 is 35.4 Å². The molecule has 2 aliphatic heterocycles. The molecule has 3 rings (SSSR count). The molecule has 2 heterocycles. The Morgan fingerprint density at radius 2 is 2.00 bits per heavy atom. The summed E-state index contributed by atoms with van der Waals surface area (Å²) < 4.78 is 25.4. The Kier molecular flexibility index (Phi) is 6.73. The zero-order valence-corrected chi connectivity index (χ0v) is 18.9. The molecule has 0 aliphatic carbocycles. The quantitative estimate of drug-likeness (QED) is 0.709. The number of carbonyl (C=O) groups is 1. The largest absolute Gasteiger partial charge is 0.474 e. The van der Waals surface area contributed by atoms with E-state index in [0.29, 0.717) is 37.4 Å². The van der Waals surface area contributed by atoms with Gasteiger partial charge in [-0.25, -0.2) is 9.18 Å². The van der Waals surface area contributed by atoms with Crippen molar-refractivity contribution in [2.24, 2.45) is 15.4 Å². The van der Waals surface area contributed by atoms with Gasteiger partial charge in [-0.3, -0.25) is 0 Å². The number of methoxy groups -OCH3 is 1. The fourth-order valence-electron chi connectivity index (χ4n) is 3.34. The summed E-state index contributed by atoms with van der Waals surface area (Å²) in [6.07, 6.45) is 1.20. The molecule has 1 unspecified atom stereocenters. The average Bonchev–Trinajstić information content (AvgIpc) is 3.21. The molecule has 1 atom stereocenters. The number of ether oxygens (including phenoxy) is 2. The first-order valence-electron chi connectivity index (χ1n) is 9.95. The molecule has 0 bridgehead atoms. The number of rotatable bonds is 4. The van der Waals surface area contributed by atoms with Gasteiger partial charge in [0.2, 0.25) is 0 Å². The zero-order valence-electron chi connectivity index (χ0n) is 18.1. The van der Waals surface area contributed by atoms with Crippen molar-refractivity contribution in [1.29, 1.82) is 0 Å². The lowest BCUT2D eigenvalue weighted by molar-refractivity contribution is 0.0240. The standard InChI is InChI=1S/C20H27FN6O3S/c1-19(2,3)30-18(28)27-9-7-26(8-10-27)16-6-5-14(11-15(16)21)20(13-23-25-24-20)12-22-17(31)29-4/h5-6,11,13H,7-10,12H2,1-4H3,(H,22,31). The summed E-state index contributed by atoms with van der Waals surface area (Å²) in [5.41, 5.74) is -0.445. The molecule has 0 aromatic heterocycles. The number of amides is 1. The Labute approximate surface area is 186 Å². The van der Waals surface area contributed by atoms with E-state index >= 15 is 4.39 Å². The minimum atomic E-state index is -0.961. The Morgan fingerprint density at radius 3 is 2.55 bits per heavy atom. The van der Waals surface area contributed by atoms with Gasteiger partial charge in [-0.15, -0.1) is 10.2 Å². The van der Waals surface area contributed by atoms with E-state index in [-0.39, 0.29) is 23.6 Å². The topological polar surface area (TPSA) is 91.1 Å². The molecule has 9 nitrogen and oxygen atoms in total. The second kappa shape index (κ2) is 9.13. The number of halogens is 1. The summed E-state index contributed by atoms with van der Waals surface area (Å²) in [5.74, 6) is -0.382. The van der Waals surface area contributed by atoms with E-state index in [1.165, 1.54) is 13.2 Å². The number of thiocarbonyl (C=S) groups is 1. The fraction of sp³-hybridized carbons (Fsp3) is 0.550. The van der Waals surface area contributed by atoms with Gasteiger partial charge in [0.1, 0.15) is 11.4 Å². The third-order valence-electron chi connectivity index (χ3n) is 4.95. The molecular weight excluding hydrogens is 423 g/mol. The van der Waals surface area contributed by atoms with E-state index in [1.54, 1.807) is 23.2 Å². The molecule has 0 saturated carbocycles. The molecule has 11 heteroatoms. The summed E-state index contributed by atoms with van der Waals surface area (Å²) in [5, 5.41) is 14.8. The van der Waals surface area contributed by atoms with Crippen LogP contribution < -0.4 is 10.2 Å². The number of nitrogens with one attached hydrogen (secondary N) is 1. The molecule has 0 radical (unpaired) electrons. The molecular formula is C20H27FN6O3S. The molecule has 1 N–H and O–H groups in total. The third-order valence-corrected chi connectivity index (χ3v) is 5.26. The van der Waals surface area contributed by atoms with Gasteiger partial charge in [0.05, 0.1) is 25.6 Å². The molecule has 2 aliphatic rings. The summed E-state index contributed by atoms with van der Waals surface area (Å²) in [7, 11) is 1.46. The van der Waals surface area contributed by atoms with E-state index in [0.717, 1.165) is 0 Å². The first kappa shape index (κ1) is 22.9. The molecule has 1 aromatic rings. The normalized spacial score (nSPS) is 20.7. The van der Waals surface area contributed by atoms with Crippen LogP contribution >= 0.6 is 12.2 Å². The smallest absolute Gasteiger partial charge is 0.410 e. The predicted molar refractivity (Wildman–Crippen MR) is 119 cm³/mol. The van der Waals surface area contributed by atoms with E-state index in [1.807, 2.05) is 25.7 Å². The minimum absolute atomic E-state index is 0.204. The number of hydrogen-bond donors (Lipinski definition) is 1. The SMILES string of the molecule is COC(=S)NCC1(c2ccc(N3CCN(C(=O)OC(C)(C)C)CC3)c(F)c2)C=NN=N1. The maximum absolute atomic E-state index is 15.1. The molecule has 1 saturated heterocycles. The first-order chi connectivity index (χ1) is 14.6. The zero-order chi connectivity index (χ0) is 22.6. The summed E-state index contributed by atoms with van der Waals surface area (Å²) in [4.78, 5) is 15.8. The maximum atomic E-state index is 15.1. The lowest BCUT2D eigenvalue weighted by Crippen LogP contribution is -2.50. The highest BCUT2D eigenvalue weighted by Crippen LogP contribution is 2.31. The van der Waals surface area contributed by atoms with Gasteiger partial charge in [-0.1, -0.05) is 6.07 Å². The van der Waals surface area contributed by atoms with Crippen LogP contribution in [0.25, 0.3) is 0 Å². The van der Waals surface area contributed by atoms with Gasteiger partial charge in [-0.05, 0) is 55.9 Å². The van der Waals surface area contributed by atoms with Crippen LogP contribution in [0.5, 0.6) is 0 Å².